The molecule has 0 saturated heterocycles. The Hall–Kier alpha value is -2.24. The highest BCUT2D eigenvalue weighted by Gasteiger charge is 2.26. The van der Waals surface area contributed by atoms with E-state index in [1.165, 1.54) is 0 Å². The van der Waals surface area contributed by atoms with Crippen molar-refractivity contribution in [2.45, 2.75) is 4.90 Å². The standard InChI is InChI=1S/C20H22N2O2S/c1-21(2)12-13-22-18-6-4-5-7-19(18)25-14-17(20(22)23)15-8-10-16(24-3)11-9-15/h4-11,14H,12-13H2,1-3H3. The second-order valence-corrected chi connectivity index (χ2v) is 7.02. The summed E-state index contributed by atoms with van der Waals surface area (Å²) < 4.78 is 5.22. The normalized spacial score (nSPS) is 14.2. The van der Waals surface area contributed by atoms with Gasteiger partial charge in [0.15, 0.2) is 0 Å². The number of benzene rings is 2. The summed E-state index contributed by atoms with van der Waals surface area (Å²) in [6.07, 6.45) is 0. The van der Waals surface area contributed by atoms with E-state index in [-0.39, 0.29) is 5.91 Å². The third-order valence-electron chi connectivity index (χ3n) is 4.11. The Morgan fingerprint density at radius 1 is 1.08 bits per heavy atom. The van der Waals surface area contributed by atoms with Crippen LogP contribution in [-0.2, 0) is 4.79 Å². The van der Waals surface area contributed by atoms with Crippen LogP contribution in [0.1, 0.15) is 5.56 Å². The van der Waals surface area contributed by atoms with Gasteiger partial charge in [0.1, 0.15) is 5.75 Å². The van der Waals surface area contributed by atoms with Crippen molar-refractivity contribution in [1.29, 1.82) is 0 Å². The van der Waals surface area contributed by atoms with Gasteiger partial charge in [-0.2, -0.15) is 0 Å². The van der Waals surface area contributed by atoms with Crippen LogP contribution in [0.25, 0.3) is 5.57 Å². The molecule has 1 aliphatic heterocycles. The molecule has 25 heavy (non-hydrogen) atoms. The van der Waals surface area contributed by atoms with E-state index in [1.807, 2.05) is 66.9 Å². The van der Waals surface area contributed by atoms with Crippen LogP contribution in [0.15, 0.2) is 58.8 Å². The Balaban J connectivity index is 1.98. The maximum atomic E-state index is 13.3. The fourth-order valence-electron chi connectivity index (χ4n) is 2.69. The number of hydrogen-bond donors (Lipinski definition) is 0. The summed E-state index contributed by atoms with van der Waals surface area (Å²) in [4.78, 5) is 18.3. The van der Waals surface area contributed by atoms with Gasteiger partial charge in [0.05, 0.1) is 18.4 Å². The maximum Gasteiger partial charge on any atom is 0.259 e. The van der Waals surface area contributed by atoms with Gasteiger partial charge in [-0.05, 0) is 49.3 Å². The molecule has 0 aliphatic carbocycles. The number of methoxy groups -OCH3 is 1. The summed E-state index contributed by atoms with van der Waals surface area (Å²) in [6, 6.07) is 15.7. The number of thioether (sulfide) groups is 1. The summed E-state index contributed by atoms with van der Waals surface area (Å²) in [5.41, 5.74) is 2.59. The van der Waals surface area contributed by atoms with E-state index in [4.69, 9.17) is 4.74 Å². The molecule has 0 fully saturated rings. The lowest BCUT2D eigenvalue weighted by Crippen LogP contribution is -2.37. The average molecular weight is 354 g/mol. The SMILES string of the molecule is COc1ccc(C2=CSc3ccccc3N(CCN(C)C)C2=O)cc1. The highest BCUT2D eigenvalue weighted by atomic mass is 32.2. The van der Waals surface area contributed by atoms with E-state index in [2.05, 4.69) is 11.0 Å². The fourth-order valence-corrected chi connectivity index (χ4v) is 3.63. The van der Waals surface area contributed by atoms with E-state index in [1.54, 1.807) is 18.9 Å². The summed E-state index contributed by atoms with van der Waals surface area (Å²) in [6.45, 7) is 1.46. The number of rotatable bonds is 5. The number of anilines is 1. The maximum absolute atomic E-state index is 13.3. The lowest BCUT2D eigenvalue weighted by atomic mass is 10.1. The zero-order chi connectivity index (χ0) is 17.8. The molecule has 1 aliphatic rings. The average Bonchev–Trinajstić information content (AvgIpc) is 2.76. The van der Waals surface area contributed by atoms with E-state index >= 15 is 0 Å². The molecule has 0 bridgehead atoms. The minimum Gasteiger partial charge on any atom is -0.497 e. The van der Waals surface area contributed by atoms with Gasteiger partial charge >= 0.3 is 0 Å². The number of amides is 1. The topological polar surface area (TPSA) is 32.8 Å². The molecule has 0 spiro atoms. The molecule has 2 aromatic rings. The van der Waals surface area contributed by atoms with Gasteiger partial charge in [-0.15, -0.1) is 0 Å². The molecule has 130 valence electrons. The van der Waals surface area contributed by atoms with E-state index in [0.29, 0.717) is 12.1 Å². The van der Waals surface area contributed by atoms with Crippen LogP contribution in [0.5, 0.6) is 5.75 Å². The van der Waals surface area contributed by atoms with Crippen molar-refractivity contribution >= 4 is 28.9 Å². The van der Waals surface area contributed by atoms with Crippen molar-refractivity contribution in [3.63, 3.8) is 0 Å². The van der Waals surface area contributed by atoms with E-state index in [0.717, 1.165) is 28.4 Å². The van der Waals surface area contributed by atoms with Gasteiger partial charge < -0.3 is 14.5 Å². The van der Waals surface area contributed by atoms with E-state index < -0.39 is 0 Å². The molecule has 1 amide bonds. The molecule has 4 nitrogen and oxygen atoms in total. The number of ether oxygens (including phenoxy) is 1. The first-order valence-corrected chi connectivity index (χ1v) is 9.05. The fraction of sp³-hybridized carbons (Fsp3) is 0.250. The first-order chi connectivity index (χ1) is 12.1. The van der Waals surface area contributed by atoms with Crippen molar-refractivity contribution in [1.82, 2.24) is 4.90 Å². The van der Waals surface area contributed by atoms with Gasteiger partial charge in [0, 0.05) is 18.0 Å². The van der Waals surface area contributed by atoms with Crippen LogP contribution in [0.3, 0.4) is 0 Å². The molecule has 2 aromatic carbocycles. The second kappa shape index (κ2) is 7.76. The predicted molar refractivity (Wildman–Crippen MR) is 104 cm³/mol. The number of fused-ring (bicyclic) bond motifs is 1. The summed E-state index contributed by atoms with van der Waals surface area (Å²) >= 11 is 1.59. The summed E-state index contributed by atoms with van der Waals surface area (Å²) in [5.74, 6) is 0.815. The molecule has 1 heterocycles. The number of carbonyl (C=O) groups excluding carboxylic acids is 1. The van der Waals surface area contributed by atoms with Gasteiger partial charge in [0.2, 0.25) is 0 Å². The number of nitrogens with zero attached hydrogens (tertiary/aromatic N) is 2. The molecule has 3 rings (SSSR count). The smallest absolute Gasteiger partial charge is 0.259 e. The summed E-state index contributed by atoms with van der Waals surface area (Å²) in [5, 5.41) is 1.96. The zero-order valence-corrected chi connectivity index (χ0v) is 15.5. The number of para-hydroxylation sites is 1. The van der Waals surface area contributed by atoms with Gasteiger partial charge in [-0.1, -0.05) is 36.0 Å². The van der Waals surface area contributed by atoms with Crippen molar-refractivity contribution in [3.8, 4) is 5.75 Å². The highest BCUT2D eigenvalue weighted by Crippen LogP contribution is 2.38. The van der Waals surface area contributed by atoms with Crippen molar-refractivity contribution < 1.29 is 9.53 Å². The van der Waals surface area contributed by atoms with Gasteiger partial charge in [-0.3, -0.25) is 4.79 Å². The van der Waals surface area contributed by atoms with Crippen molar-refractivity contribution in [2.24, 2.45) is 0 Å². The largest absolute Gasteiger partial charge is 0.497 e. The second-order valence-electron chi connectivity index (χ2n) is 6.11. The zero-order valence-electron chi connectivity index (χ0n) is 14.7. The molecule has 0 atom stereocenters. The Bertz CT molecular complexity index is 785. The first kappa shape index (κ1) is 17.6. The number of likely N-dealkylation sites (N-methyl/N-ethyl adjacent to an activating group) is 1. The molecule has 0 unspecified atom stereocenters. The van der Waals surface area contributed by atoms with Crippen LogP contribution < -0.4 is 9.64 Å². The number of hydrogen-bond acceptors (Lipinski definition) is 4. The van der Waals surface area contributed by atoms with Gasteiger partial charge in [0.25, 0.3) is 5.91 Å². The molecule has 0 radical (unpaired) electrons. The van der Waals surface area contributed by atoms with Crippen LogP contribution in [0.2, 0.25) is 0 Å². The predicted octanol–water partition coefficient (Wildman–Crippen LogP) is 3.74. The lowest BCUT2D eigenvalue weighted by Gasteiger charge is -2.25. The Morgan fingerprint density at radius 3 is 2.48 bits per heavy atom. The molecular weight excluding hydrogens is 332 g/mol. The Morgan fingerprint density at radius 2 is 1.80 bits per heavy atom. The third kappa shape index (κ3) is 3.89. The van der Waals surface area contributed by atoms with Crippen LogP contribution in [0.4, 0.5) is 5.69 Å². The van der Waals surface area contributed by atoms with Crippen molar-refractivity contribution in [3.05, 3.63) is 59.5 Å². The molecule has 0 aromatic heterocycles. The molecule has 5 heteroatoms. The number of carbonyl (C=O) groups is 1. The molecular formula is C20H22N2O2S. The van der Waals surface area contributed by atoms with Crippen molar-refractivity contribution in [2.75, 3.05) is 39.2 Å². The Kier molecular flexibility index (Phi) is 5.46. The monoisotopic (exact) mass is 354 g/mol. The summed E-state index contributed by atoms with van der Waals surface area (Å²) in [7, 11) is 5.67. The van der Waals surface area contributed by atoms with Crippen LogP contribution >= 0.6 is 11.8 Å². The van der Waals surface area contributed by atoms with E-state index in [9.17, 15) is 4.79 Å². The molecule has 0 N–H and O–H groups in total. The van der Waals surface area contributed by atoms with Crippen LogP contribution in [0, 0.1) is 0 Å². The lowest BCUT2D eigenvalue weighted by molar-refractivity contribution is -0.113. The quantitative estimate of drug-likeness (QED) is 0.819. The Labute approximate surface area is 153 Å². The third-order valence-corrected chi connectivity index (χ3v) is 5.06. The highest BCUT2D eigenvalue weighted by molar-refractivity contribution is 8.02. The van der Waals surface area contributed by atoms with Gasteiger partial charge in [-0.25, -0.2) is 0 Å². The first-order valence-electron chi connectivity index (χ1n) is 8.17. The minimum absolute atomic E-state index is 0.0319. The molecule has 0 saturated carbocycles. The minimum atomic E-state index is 0.0319. The van der Waals surface area contributed by atoms with Crippen LogP contribution in [-0.4, -0.2) is 45.1 Å².